The van der Waals surface area contributed by atoms with E-state index in [0.717, 1.165) is 19.3 Å². The Bertz CT molecular complexity index is 203. The van der Waals surface area contributed by atoms with Crippen molar-refractivity contribution >= 4 is 5.91 Å². The van der Waals surface area contributed by atoms with E-state index in [1.807, 2.05) is 14.1 Å². The minimum absolute atomic E-state index is 0.152. The number of fused-ring (bicyclic) bond motifs is 2. The topological polar surface area (TPSA) is 29.5 Å². The number of rotatable bonds is 1. The van der Waals surface area contributed by atoms with Crippen molar-refractivity contribution in [3.8, 4) is 0 Å². The summed E-state index contributed by atoms with van der Waals surface area (Å²) in [5, 5.41) is 0. The Morgan fingerprint density at radius 3 is 2.58 bits per heavy atom. The molecule has 2 aliphatic heterocycles. The summed E-state index contributed by atoms with van der Waals surface area (Å²) in [6, 6.07) is 0. The summed E-state index contributed by atoms with van der Waals surface area (Å²) in [7, 11) is 3.63. The van der Waals surface area contributed by atoms with Gasteiger partial charge in [-0.3, -0.25) is 4.79 Å². The molecule has 0 aromatic heterocycles. The first-order chi connectivity index (χ1) is 5.68. The highest BCUT2D eigenvalue weighted by molar-refractivity contribution is 5.79. The van der Waals surface area contributed by atoms with Gasteiger partial charge in [-0.25, -0.2) is 0 Å². The molecular weight excluding hydrogens is 154 g/mol. The smallest absolute Gasteiger partial charge is 0.227 e. The fourth-order valence-corrected chi connectivity index (χ4v) is 2.23. The molecule has 12 heavy (non-hydrogen) atoms. The van der Waals surface area contributed by atoms with Gasteiger partial charge in [0.15, 0.2) is 0 Å². The first-order valence-corrected chi connectivity index (χ1v) is 4.55. The summed E-state index contributed by atoms with van der Waals surface area (Å²) < 4.78 is 5.61. The number of hydrogen-bond acceptors (Lipinski definition) is 2. The summed E-state index contributed by atoms with van der Waals surface area (Å²) in [6.45, 7) is 0. The zero-order chi connectivity index (χ0) is 8.72. The van der Waals surface area contributed by atoms with E-state index in [2.05, 4.69) is 0 Å². The van der Waals surface area contributed by atoms with Gasteiger partial charge < -0.3 is 9.64 Å². The Morgan fingerprint density at radius 1 is 1.42 bits per heavy atom. The van der Waals surface area contributed by atoms with Crippen LogP contribution in [0.4, 0.5) is 0 Å². The fourth-order valence-electron chi connectivity index (χ4n) is 2.23. The molecule has 2 fully saturated rings. The van der Waals surface area contributed by atoms with Crippen LogP contribution in [-0.4, -0.2) is 37.1 Å². The average Bonchev–Trinajstić information content (AvgIpc) is 2.62. The molecule has 2 saturated heterocycles. The van der Waals surface area contributed by atoms with E-state index >= 15 is 0 Å². The molecule has 0 aromatic rings. The maximum Gasteiger partial charge on any atom is 0.227 e. The summed E-state index contributed by atoms with van der Waals surface area (Å²) in [6.07, 6.45) is 3.78. The third-order valence-corrected chi connectivity index (χ3v) is 2.86. The van der Waals surface area contributed by atoms with Gasteiger partial charge >= 0.3 is 0 Å². The molecule has 0 unspecified atom stereocenters. The third-order valence-electron chi connectivity index (χ3n) is 2.86. The molecule has 0 radical (unpaired) electrons. The molecule has 0 N–H and O–H groups in total. The first-order valence-electron chi connectivity index (χ1n) is 4.55. The van der Waals surface area contributed by atoms with Crippen LogP contribution >= 0.6 is 0 Å². The fraction of sp³-hybridized carbons (Fsp3) is 0.889. The highest BCUT2D eigenvalue weighted by atomic mass is 16.5. The van der Waals surface area contributed by atoms with Gasteiger partial charge in [0.1, 0.15) is 0 Å². The Balaban J connectivity index is 2.02. The Labute approximate surface area is 72.7 Å². The molecule has 0 aromatic carbocycles. The van der Waals surface area contributed by atoms with E-state index in [1.54, 1.807) is 4.90 Å². The van der Waals surface area contributed by atoms with Crippen LogP contribution in [0, 0.1) is 5.92 Å². The van der Waals surface area contributed by atoms with Crippen LogP contribution < -0.4 is 0 Å². The van der Waals surface area contributed by atoms with E-state index in [0.29, 0.717) is 6.10 Å². The van der Waals surface area contributed by atoms with Crippen molar-refractivity contribution in [3.63, 3.8) is 0 Å². The Morgan fingerprint density at radius 2 is 2.17 bits per heavy atom. The van der Waals surface area contributed by atoms with Gasteiger partial charge in [0.05, 0.1) is 18.1 Å². The van der Waals surface area contributed by atoms with Gasteiger partial charge in [0.25, 0.3) is 0 Å². The number of carbonyl (C=O) groups is 1. The normalized spacial score (nSPS) is 38.7. The quantitative estimate of drug-likeness (QED) is 0.576. The molecule has 3 atom stereocenters. The predicted octanol–water partition coefficient (Wildman–Crippen LogP) is 0.642. The highest BCUT2D eigenvalue weighted by Gasteiger charge is 2.44. The molecule has 2 aliphatic rings. The third kappa shape index (κ3) is 1.12. The van der Waals surface area contributed by atoms with Gasteiger partial charge in [0.2, 0.25) is 5.91 Å². The summed E-state index contributed by atoms with van der Waals surface area (Å²) in [5.41, 5.74) is 0. The number of hydrogen-bond donors (Lipinski definition) is 0. The molecule has 2 rings (SSSR count). The maximum absolute atomic E-state index is 11.6. The van der Waals surface area contributed by atoms with Crippen molar-refractivity contribution in [2.75, 3.05) is 14.1 Å². The lowest BCUT2D eigenvalue weighted by Gasteiger charge is -2.21. The zero-order valence-corrected chi connectivity index (χ0v) is 7.62. The van der Waals surface area contributed by atoms with E-state index in [-0.39, 0.29) is 17.9 Å². The van der Waals surface area contributed by atoms with Crippen LogP contribution in [0.25, 0.3) is 0 Å². The van der Waals surface area contributed by atoms with E-state index in [4.69, 9.17) is 4.74 Å². The van der Waals surface area contributed by atoms with Crippen LogP contribution in [0.3, 0.4) is 0 Å². The lowest BCUT2D eigenvalue weighted by Crippen LogP contribution is -2.35. The second-order valence-corrected chi connectivity index (χ2v) is 3.95. The van der Waals surface area contributed by atoms with Crippen LogP contribution in [0.2, 0.25) is 0 Å². The first kappa shape index (κ1) is 8.05. The average molecular weight is 169 g/mol. The van der Waals surface area contributed by atoms with Crippen molar-refractivity contribution in [1.82, 2.24) is 4.90 Å². The minimum atomic E-state index is 0.152. The molecule has 1 amide bonds. The van der Waals surface area contributed by atoms with Gasteiger partial charge in [-0.1, -0.05) is 0 Å². The molecule has 0 spiro atoms. The van der Waals surface area contributed by atoms with E-state index in [1.165, 1.54) is 0 Å². The monoisotopic (exact) mass is 169 g/mol. The number of carbonyl (C=O) groups excluding carboxylic acids is 1. The minimum Gasteiger partial charge on any atom is -0.374 e. The molecule has 3 nitrogen and oxygen atoms in total. The molecule has 3 heteroatoms. The van der Waals surface area contributed by atoms with Crippen LogP contribution in [0.5, 0.6) is 0 Å². The Hall–Kier alpha value is -0.570. The zero-order valence-electron chi connectivity index (χ0n) is 7.62. The maximum atomic E-state index is 11.6. The second kappa shape index (κ2) is 2.73. The SMILES string of the molecule is CN(C)C(=O)[C@@H]1C[C@H]2CC[C@@H]1O2. The molecule has 0 aliphatic carbocycles. The lowest BCUT2D eigenvalue weighted by atomic mass is 9.88. The van der Waals surface area contributed by atoms with Crippen LogP contribution in [0.15, 0.2) is 0 Å². The molecule has 2 heterocycles. The number of ether oxygens (including phenoxy) is 1. The van der Waals surface area contributed by atoms with Crippen molar-refractivity contribution in [2.24, 2.45) is 5.92 Å². The highest BCUT2D eigenvalue weighted by Crippen LogP contribution is 2.39. The van der Waals surface area contributed by atoms with Crippen molar-refractivity contribution < 1.29 is 9.53 Å². The van der Waals surface area contributed by atoms with Gasteiger partial charge in [-0.15, -0.1) is 0 Å². The van der Waals surface area contributed by atoms with Crippen molar-refractivity contribution in [1.29, 1.82) is 0 Å². The molecule has 2 bridgehead atoms. The van der Waals surface area contributed by atoms with Gasteiger partial charge in [-0.2, -0.15) is 0 Å². The number of nitrogens with zero attached hydrogens (tertiary/aromatic N) is 1. The van der Waals surface area contributed by atoms with Crippen LogP contribution in [-0.2, 0) is 9.53 Å². The van der Waals surface area contributed by atoms with Crippen molar-refractivity contribution in [3.05, 3.63) is 0 Å². The standard InChI is InChI=1S/C9H15NO2/c1-10(2)9(11)7-5-6-3-4-8(7)12-6/h6-8H,3-5H2,1-2H3/t6-,7-,8+/m1/s1. The molecule has 0 saturated carbocycles. The predicted molar refractivity (Wildman–Crippen MR) is 44.7 cm³/mol. The number of amides is 1. The summed E-state index contributed by atoms with van der Waals surface area (Å²) in [4.78, 5) is 13.3. The largest absolute Gasteiger partial charge is 0.374 e. The van der Waals surface area contributed by atoms with Gasteiger partial charge in [0, 0.05) is 14.1 Å². The summed E-state index contributed by atoms with van der Waals surface area (Å²) in [5.74, 6) is 0.390. The van der Waals surface area contributed by atoms with E-state index in [9.17, 15) is 4.79 Å². The molecular formula is C9H15NO2. The van der Waals surface area contributed by atoms with Crippen LogP contribution in [0.1, 0.15) is 19.3 Å². The van der Waals surface area contributed by atoms with Crippen molar-refractivity contribution in [2.45, 2.75) is 31.5 Å². The summed E-state index contributed by atoms with van der Waals surface area (Å²) >= 11 is 0. The second-order valence-electron chi connectivity index (χ2n) is 3.95. The lowest BCUT2D eigenvalue weighted by molar-refractivity contribution is -0.134. The van der Waals surface area contributed by atoms with E-state index < -0.39 is 0 Å². The Kier molecular flexibility index (Phi) is 1.83. The molecule has 68 valence electrons. The van der Waals surface area contributed by atoms with Gasteiger partial charge in [-0.05, 0) is 19.3 Å².